The first kappa shape index (κ1) is 19.5. The van der Waals surface area contributed by atoms with Gasteiger partial charge in [0.15, 0.2) is 5.76 Å². The van der Waals surface area contributed by atoms with Crippen LogP contribution in [-0.4, -0.2) is 22.7 Å². The highest BCUT2D eigenvalue weighted by molar-refractivity contribution is 7.99. The van der Waals surface area contributed by atoms with Gasteiger partial charge in [-0.05, 0) is 29.6 Å². The van der Waals surface area contributed by atoms with Gasteiger partial charge in [-0.1, -0.05) is 22.8 Å². The smallest absolute Gasteiger partial charge is 0.234 e. The van der Waals surface area contributed by atoms with Crippen molar-refractivity contribution in [3.05, 3.63) is 52.5 Å². The second-order valence-corrected chi connectivity index (χ2v) is 7.94. The highest BCUT2D eigenvalue weighted by Crippen LogP contribution is 2.27. The number of halogens is 1. The molecule has 3 rings (SSSR count). The Bertz CT molecular complexity index is 941. The lowest BCUT2D eigenvalue weighted by Gasteiger charge is -2.11. The number of benzene rings is 1. The highest BCUT2D eigenvalue weighted by Gasteiger charge is 2.11. The number of thioether (sulfide) groups is 1. The van der Waals surface area contributed by atoms with Gasteiger partial charge in [-0.15, -0.1) is 23.1 Å². The van der Waals surface area contributed by atoms with Gasteiger partial charge in [0.1, 0.15) is 0 Å². The molecule has 140 valence electrons. The molecule has 0 aliphatic heterocycles. The van der Waals surface area contributed by atoms with Crippen molar-refractivity contribution in [1.82, 2.24) is 5.16 Å². The largest absolute Gasteiger partial charge is 0.355 e. The third kappa shape index (κ3) is 5.59. The Morgan fingerprint density at radius 2 is 2.07 bits per heavy atom. The average Bonchev–Trinajstić information content (AvgIpc) is 3.28. The number of hydrogen-bond acceptors (Lipinski definition) is 6. The molecule has 0 aliphatic rings. The molecule has 2 heterocycles. The molecule has 0 spiro atoms. The molecule has 2 N–H and O–H groups in total. The molecule has 0 bridgehead atoms. The summed E-state index contributed by atoms with van der Waals surface area (Å²) < 4.78 is 5.32. The van der Waals surface area contributed by atoms with Gasteiger partial charge >= 0.3 is 0 Å². The van der Waals surface area contributed by atoms with Crippen molar-refractivity contribution in [2.45, 2.75) is 12.7 Å². The van der Waals surface area contributed by atoms with E-state index in [-0.39, 0.29) is 17.6 Å². The molecule has 0 saturated carbocycles. The maximum atomic E-state index is 12.2. The molecular weight excluding hydrogens is 406 g/mol. The van der Waals surface area contributed by atoms with E-state index < -0.39 is 0 Å². The minimum Gasteiger partial charge on any atom is -0.355 e. The highest BCUT2D eigenvalue weighted by atomic mass is 35.5. The normalized spacial score (nSPS) is 10.6. The first-order valence-corrected chi connectivity index (χ1v) is 10.4. The van der Waals surface area contributed by atoms with Crippen LogP contribution in [0.4, 0.5) is 11.4 Å². The number of carbonyl (C=O) groups is 2. The van der Waals surface area contributed by atoms with Crippen LogP contribution in [0.25, 0.3) is 10.6 Å². The van der Waals surface area contributed by atoms with Gasteiger partial charge in [-0.2, -0.15) is 0 Å². The molecule has 2 amide bonds. The zero-order chi connectivity index (χ0) is 19.2. The molecule has 27 heavy (non-hydrogen) atoms. The SMILES string of the molecule is CC(=O)Nc1cc(Cl)ccc1NC(=O)CSCc1cc(-c2cccs2)on1. The van der Waals surface area contributed by atoms with Crippen molar-refractivity contribution in [3.8, 4) is 10.6 Å². The number of rotatable bonds is 7. The monoisotopic (exact) mass is 421 g/mol. The van der Waals surface area contributed by atoms with Gasteiger partial charge < -0.3 is 15.2 Å². The number of nitrogens with one attached hydrogen (secondary N) is 2. The van der Waals surface area contributed by atoms with Crippen molar-refractivity contribution >= 4 is 57.9 Å². The molecule has 0 saturated heterocycles. The fourth-order valence-corrected chi connectivity index (χ4v) is 3.82. The summed E-state index contributed by atoms with van der Waals surface area (Å²) in [5, 5.41) is 11.9. The molecule has 0 fully saturated rings. The zero-order valence-corrected chi connectivity index (χ0v) is 16.7. The fraction of sp³-hybridized carbons (Fsp3) is 0.167. The van der Waals surface area contributed by atoms with E-state index >= 15 is 0 Å². The number of aromatic nitrogens is 1. The summed E-state index contributed by atoms with van der Waals surface area (Å²) >= 11 is 8.95. The third-order valence-electron chi connectivity index (χ3n) is 3.37. The first-order valence-electron chi connectivity index (χ1n) is 7.95. The van der Waals surface area contributed by atoms with Gasteiger partial charge in [-0.25, -0.2) is 0 Å². The fourth-order valence-electron chi connectivity index (χ4n) is 2.27. The minimum atomic E-state index is -0.241. The van der Waals surface area contributed by atoms with Crippen molar-refractivity contribution in [3.63, 3.8) is 0 Å². The van der Waals surface area contributed by atoms with E-state index in [1.807, 2.05) is 23.6 Å². The van der Waals surface area contributed by atoms with Crippen LogP contribution in [0.2, 0.25) is 5.02 Å². The zero-order valence-electron chi connectivity index (χ0n) is 14.3. The van der Waals surface area contributed by atoms with Gasteiger partial charge in [0.05, 0.1) is 27.7 Å². The van der Waals surface area contributed by atoms with Crippen LogP contribution >= 0.6 is 34.7 Å². The van der Waals surface area contributed by atoms with E-state index in [1.54, 1.807) is 29.5 Å². The number of amides is 2. The molecular formula is C18H16ClN3O3S2. The van der Waals surface area contributed by atoms with Gasteiger partial charge in [-0.3, -0.25) is 9.59 Å². The predicted octanol–water partition coefficient (Wildman–Crippen LogP) is 4.89. The number of anilines is 2. The van der Waals surface area contributed by atoms with Gasteiger partial charge in [0, 0.05) is 23.8 Å². The number of nitrogens with zero attached hydrogens (tertiary/aromatic N) is 1. The van der Waals surface area contributed by atoms with Crippen LogP contribution in [0.3, 0.4) is 0 Å². The Morgan fingerprint density at radius 3 is 2.81 bits per heavy atom. The van der Waals surface area contributed by atoms with Gasteiger partial charge in [0.25, 0.3) is 0 Å². The summed E-state index contributed by atoms with van der Waals surface area (Å²) in [6.45, 7) is 1.39. The Hall–Kier alpha value is -2.29. The van der Waals surface area contributed by atoms with E-state index in [2.05, 4.69) is 15.8 Å². The van der Waals surface area contributed by atoms with Gasteiger partial charge in [0.2, 0.25) is 11.8 Å². The summed E-state index contributed by atoms with van der Waals surface area (Å²) in [7, 11) is 0. The van der Waals surface area contributed by atoms with E-state index in [4.69, 9.17) is 16.1 Å². The summed E-state index contributed by atoms with van der Waals surface area (Å²) in [6.07, 6.45) is 0. The molecule has 0 radical (unpaired) electrons. The quantitative estimate of drug-likeness (QED) is 0.567. The maximum Gasteiger partial charge on any atom is 0.234 e. The number of carbonyl (C=O) groups excluding carboxylic acids is 2. The van der Waals surface area contributed by atoms with Crippen LogP contribution in [0.5, 0.6) is 0 Å². The molecule has 0 aliphatic carbocycles. The van der Waals surface area contributed by atoms with Crippen molar-refractivity contribution in [2.24, 2.45) is 0 Å². The molecule has 9 heteroatoms. The lowest BCUT2D eigenvalue weighted by atomic mass is 10.2. The lowest BCUT2D eigenvalue weighted by molar-refractivity contribution is -0.115. The second kappa shape index (κ2) is 9.07. The number of thiophene rings is 1. The lowest BCUT2D eigenvalue weighted by Crippen LogP contribution is -2.16. The Balaban J connectivity index is 1.52. The molecule has 0 unspecified atom stereocenters. The predicted molar refractivity (Wildman–Crippen MR) is 110 cm³/mol. The molecule has 3 aromatic rings. The minimum absolute atomic E-state index is 0.184. The molecule has 2 aromatic heterocycles. The summed E-state index contributed by atoms with van der Waals surface area (Å²) in [5.74, 6) is 1.10. The van der Waals surface area contributed by atoms with Crippen molar-refractivity contribution < 1.29 is 14.1 Å². The first-order chi connectivity index (χ1) is 13.0. The topological polar surface area (TPSA) is 84.2 Å². The summed E-state index contributed by atoms with van der Waals surface area (Å²) in [6, 6.07) is 10.7. The van der Waals surface area contributed by atoms with E-state index in [1.165, 1.54) is 18.7 Å². The Labute approximate surface area is 169 Å². The Morgan fingerprint density at radius 1 is 1.22 bits per heavy atom. The number of hydrogen-bond donors (Lipinski definition) is 2. The average molecular weight is 422 g/mol. The summed E-state index contributed by atoms with van der Waals surface area (Å²) in [4.78, 5) is 24.5. The Kier molecular flexibility index (Phi) is 6.54. The van der Waals surface area contributed by atoms with E-state index in [9.17, 15) is 9.59 Å². The molecule has 1 aromatic carbocycles. The summed E-state index contributed by atoms with van der Waals surface area (Å²) in [5.41, 5.74) is 1.74. The maximum absolute atomic E-state index is 12.2. The van der Waals surface area contributed by atoms with Crippen LogP contribution < -0.4 is 10.6 Å². The third-order valence-corrected chi connectivity index (χ3v) is 5.46. The van der Waals surface area contributed by atoms with Crippen LogP contribution in [0, 0.1) is 0 Å². The molecule has 0 atom stereocenters. The molecule has 6 nitrogen and oxygen atoms in total. The van der Waals surface area contributed by atoms with Crippen molar-refractivity contribution in [1.29, 1.82) is 0 Å². The van der Waals surface area contributed by atoms with Crippen LogP contribution in [-0.2, 0) is 15.3 Å². The van der Waals surface area contributed by atoms with E-state index in [0.717, 1.165) is 16.3 Å². The second-order valence-electron chi connectivity index (χ2n) is 5.57. The standard InChI is InChI=1S/C18H16ClN3O3S2/c1-11(23)20-15-7-12(19)4-5-14(15)21-18(24)10-26-9-13-8-16(25-22-13)17-3-2-6-27-17/h2-8H,9-10H2,1H3,(H,20,23)(H,21,24). The van der Waals surface area contributed by atoms with E-state index in [0.29, 0.717) is 22.2 Å². The van der Waals surface area contributed by atoms with Crippen LogP contribution in [0.15, 0.2) is 46.3 Å². The van der Waals surface area contributed by atoms with Crippen LogP contribution in [0.1, 0.15) is 12.6 Å². The van der Waals surface area contributed by atoms with Crippen molar-refractivity contribution in [2.75, 3.05) is 16.4 Å².